The highest BCUT2D eigenvalue weighted by Crippen LogP contribution is 2.19. The molecule has 0 aliphatic heterocycles. The quantitative estimate of drug-likeness (QED) is 0.828. The van der Waals surface area contributed by atoms with Crippen molar-refractivity contribution in [2.45, 2.75) is 26.7 Å². The number of carboxylic acid groups (broad SMARTS) is 1. The minimum Gasteiger partial charge on any atom is -0.481 e. The van der Waals surface area contributed by atoms with Gasteiger partial charge in [-0.1, -0.05) is 12.1 Å². The van der Waals surface area contributed by atoms with E-state index >= 15 is 0 Å². The molecule has 0 aromatic heterocycles. The minimum absolute atomic E-state index is 0.160. The average Bonchev–Trinajstić information content (AvgIpc) is 2.31. The number of amides is 1. The zero-order valence-corrected chi connectivity index (χ0v) is 11.1. The lowest BCUT2D eigenvalue weighted by molar-refractivity contribution is -0.147. The molecule has 104 valence electrons. The highest BCUT2D eigenvalue weighted by atomic mass is 19.1. The van der Waals surface area contributed by atoms with Crippen LogP contribution in [0.5, 0.6) is 0 Å². The fourth-order valence-corrected chi connectivity index (χ4v) is 1.47. The molecular formula is C14H18FNO3. The molecule has 2 N–H and O–H groups in total. The zero-order chi connectivity index (χ0) is 14.5. The number of halogens is 1. The third kappa shape index (κ3) is 5.07. The summed E-state index contributed by atoms with van der Waals surface area (Å²) in [6.45, 7) is 3.53. The number of carbonyl (C=O) groups is 2. The van der Waals surface area contributed by atoms with Crippen LogP contribution in [0, 0.1) is 11.2 Å². The predicted octanol–water partition coefficient (Wildman–Crippen LogP) is 1.99. The molecule has 1 aromatic rings. The molecule has 0 saturated carbocycles. The van der Waals surface area contributed by atoms with E-state index in [-0.39, 0.29) is 18.1 Å². The van der Waals surface area contributed by atoms with E-state index < -0.39 is 11.4 Å². The van der Waals surface area contributed by atoms with Crippen molar-refractivity contribution in [2.24, 2.45) is 5.41 Å². The molecule has 0 unspecified atom stereocenters. The molecule has 0 aliphatic carbocycles. The van der Waals surface area contributed by atoms with Crippen LogP contribution in [0.4, 0.5) is 4.39 Å². The van der Waals surface area contributed by atoms with Crippen LogP contribution in [0.1, 0.15) is 25.8 Å². The van der Waals surface area contributed by atoms with E-state index in [1.807, 2.05) is 0 Å². The van der Waals surface area contributed by atoms with Gasteiger partial charge < -0.3 is 10.4 Å². The number of carboxylic acids is 1. The summed E-state index contributed by atoms with van der Waals surface area (Å²) < 4.78 is 12.7. The Kier molecular flexibility index (Phi) is 5.03. The Labute approximate surface area is 111 Å². The van der Waals surface area contributed by atoms with Gasteiger partial charge in [0.05, 0.1) is 11.8 Å². The number of hydrogen-bond donors (Lipinski definition) is 2. The van der Waals surface area contributed by atoms with Crippen LogP contribution in [0.25, 0.3) is 0 Å². The summed E-state index contributed by atoms with van der Waals surface area (Å²) in [6, 6.07) is 5.71. The van der Waals surface area contributed by atoms with Gasteiger partial charge in [0.2, 0.25) is 5.91 Å². The van der Waals surface area contributed by atoms with Gasteiger partial charge in [0.15, 0.2) is 0 Å². The summed E-state index contributed by atoms with van der Waals surface area (Å²) >= 11 is 0. The van der Waals surface area contributed by atoms with Crippen molar-refractivity contribution in [3.63, 3.8) is 0 Å². The first-order valence-corrected chi connectivity index (χ1v) is 6.06. The topological polar surface area (TPSA) is 66.4 Å². The van der Waals surface area contributed by atoms with Gasteiger partial charge in [-0.05, 0) is 38.0 Å². The first kappa shape index (κ1) is 15.1. The van der Waals surface area contributed by atoms with Crippen molar-refractivity contribution < 1.29 is 19.1 Å². The zero-order valence-electron chi connectivity index (χ0n) is 11.1. The molecule has 1 rings (SSSR count). The van der Waals surface area contributed by atoms with Crippen molar-refractivity contribution in [3.8, 4) is 0 Å². The molecule has 1 aromatic carbocycles. The van der Waals surface area contributed by atoms with Gasteiger partial charge in [0, 0.05) is 6.54 Å². The molecule has 4 nitrogen and oxygen atoms in total. The van der Waals surface area contributed by atoms with E-state index in [9.17, 15) is 14.0 Å². The molecule has 0 spiro atoms. The SMILES string of the molecule is CC(C)(CCNC(=O)Cc1ccc(F)cc1)C(=O)O. The van der Waals surface area contributed by atoms with E-state index in [4.69, 9.17) is 5.11 Å². The largest absolute Gasteiger partial charge is 0.481 e. The Morgan fingerprint density at radius 2 is 1.84 bits per heavy atom. The van der Waals surface area contributed by atoms with Gasteiger partial charge in [0.25, 0.3) is 0 Å². The van der Waals surface area contributed by atoms with E-state index in [0.29, 0.717) is 13.0 Å². The molecule has 0 bridgehead atoms. The average molecular weight is 267 g/mol. The maximum absolute atomic E-state index is 12.7. The van der Waals surface area contributed by atoms with Gasteiger partial charge in [-0.2, -0.15) is 0 Å². The van der Waals surface area contributed by atoms with Crippen LogP contribution in [-0.4, -0.2) is 23.5 Å². The van der Waals surface area contributed by atoms with Crippen LogP contribution in [0.2, 0.25) is 0 Å². The minimum atomic E-state index is -0.889. The van der Waals surface area contributed by atoms with Gasteiger partial charge in [-0.3, -0.25) is 9.59 Å². The first-order valence-electron chi connectivity index (χ1n) is 6.06. The Morgan fingerprint density at radius 3 is 2.37 bits per heavy atom. The summed E-state index contributed by atoms with van der Waals surface area (Å²) in [6.07, 6.45) is 0.519. The Balaban J connectivity index is 2.36. The molecule has 19 heavy (non-hydrogen) atoms. The number of nitrogens with one attached hydrogen (secondary N) is 1. The molecule has 0 saturated heterocycles. The first-order chi connectivity index (χ1) is 8.81. The normalized spacial score (nSPS) is 11.1. The maximum Gasteiger partial charge on any atom is 0.309 e. The van der Waals surface area contributed by atoms with E-state index in [1.54, 1.807) is 26.0 Å². The maximum atomic E-state index is 12.7. The summed E-state index contributed by atoms with van der Waals surface area (Å²) in [5.41, 5.74) is -0.139. The predicted molar refractivity (Wildman–Crippen MR) is 69.1 cm³/mol. The summed E-state index contributed by atoms with van der Waals surface area (Å²) in [5, 5.41) is 11.6. The summed E-state index contributed by atoms with van der Waals surface area (Å²) in [7, 11) is 0. The molecular weight excluding hydrogens is 249 g/mol. The van der Waals surface area contributed by atoms with Gasteiger partial charge in [-0.25, -0.2) is 4.39 Å². The molecule has 5 heteroatoms. The molecule has 1 amide bonds. The van der Waals surface area contributed by atoms with E-state index in [1.165, 1.54) is 12.1 Å². The molecule has 0 atom stereocenters. The smallest absolute Gasteiger partial charge is 0.309 e. The monoisotopic (exact) mass is 267 g/mol. The van der Waals surface area contributed by atoms with Crippen LogP contribution in [0.15, 0.2) is 24.3 Å². The lowest BCUT2D eigenvalue weighted by Crippen LogP contribution is -2.32. The number of carbonyl (C=O) groups excluding carboxylic acids is 1. The van der Waals surface area contributed by atoms with Crippen molar-refractivity contribution in [3.05, 3.63) is 35.6 Å². The standard InChI is InChI=1S/C14H18FNO3/c1-14(2,13(18)19)7-8-16-12(17)9-10-3-5-11(15)6-4-10/h3-6H,7-9H2,1-2H3,(H,16,17)(H,18,19). The van der Waals surface area contributed by atoms with Gasteiger partial charge in [0.1, 0.15) is 5.82 Å². The molecule has 0 aliphatic rings. The Hall–Kier alpha value is -1.91. The van der Waals surface area contributed by atoms with Crippen molar-refractivity contribution in [2.75, 3.05) is 6.54 Å². The summed E-state index contributed by atoms with van der Waals surface area (Å²) in [5.74, 6) is -1.43. The Bertz CT molecular complexity index is 454. The Morgan fingerprint density at radius 1 is 1.26 bits per heavy atom. The van der Waals surface area contributed by atoms with Crippen LogP contribution >= 0.6 is 0 Å². The van der Waals surface area contributed by atoms with Crippen molar-refractivity contribution in [1.82, 2.24) is 5.32 Å². The van der Waals surface area contributed by atoms with Crippen LogP contribution < -0.4 is 5.32 Å². The highest BCUT2D eigenvalue weighted by Gasteiger charge is 2.26. The molecule has 0 heterocycles. The third-order valence-corrected chi connectivity index (χ3v) is 2.93. The number of aliphatic carboxylic acids is 1. The number of hydrogen-bond acceptors (Lipinski definition) is 2. The number of benzene rings is 1. The van der Waals surface area contributed by atoms with Crippen molar-refractivity contribution in [1.29, 1.82) is 0 Å². The van der Waals surface area contributed by atoms with E-state index in [0.717, 1.165) is 5.56 Å². The van der Waals surface area contributed by atoms with Crippen molar-refractivity contribution >= 4 is 11.9 Å². The third-order valence-electron chi connectivity index (χ3n) is 2.93. The number of rotatable bonds is 6. The lowest BCUT2D eigenvalue weighted by Gasteiger charge is -2.18. The fraction of sp³-hybridized carbons (Fsp3) is 0.429. The van der Waals surface area contributed by atoms with Crippen LogP contribution in [-0.2, 0) is 16.0 Å². The second kappa shape index (κ2) is 6.31. The second-order valence-corrected chi connectivity index (χ2v) is 5.09. The van der Waals surface area contributed by atoms with Gasteiger partial charge >= 0.3 is 5.97 Å². The van der Waals surface area contributed by atoms with Gasteiger partial charge in [-0.15, -0.1) is 0 Å². The molecule has 0 radical (unpaired) electrons. The van der Waals surface area contributed by atoms with E-state index in [2.05, 4.69) is 5.32 Å². The summed E-state index contributed by atoms with van der Waals surface area (Å²) in [4.78, 5) is 22.5. The lowest BCUT2D eigenvalue weighted by atomic mass is 9.90. The molecule has 0 fully saturated rings. The highest BCUT2D eigenvalue weighted by molar-refractivity contribution is 5.78. The second-order valence-electron chi connectivity index (χ2n) is 5.09. The fourth-order valence-electron chi connectivity index (χ4n) is 1.47. The van der Waals surface area contributed by atoms with Crippen LogP contribution in [0.3, 0.4) is 0 Å².